The third kappa shape index (κ3) is 4.21. The molecule has 0 fully saturated rings. The Hall–Kier alpha value is -1.65. The first-order chi connectivity index (χ1) is 10.8. The van der Waals surface area contributed by atoms with E-state index in [0.717, 1.165) is 31.2 Å². The summed E-state index contributed by atoms with van der Waals surface area (Å²) in [5.74, 6) is 0. The van der Waals surface area contributed by atoms with Crippen molar-refractivity contribution in [3.63, 3.8) is 0 Å². The fourth-order valence-electron chi connectivity index (χ4n) is 3.01. The normalized spacial score (nSPS) is 15.0. The van der Waals surface area contributed by atoms with Crippen LogP contribution in [0.4, 0.5) is 0 Å². The lowest BCUT2D eigenvalue weighted by atomic mass is 9.73. The van der Waals surface area contributed by atoms with Gasteiger partial charge in [-0.05, 0) is 54.8 Å². The maximum absolute atomic E-state index is 9.29. The number of benzene rings is 1. The van der Waals surface area contributed by atoms with Crippen molar-refractivity contribution in [1.82, 2.24) is 0 Å². The summed E-state index contributed by atoms with van der Waals surface area (Å²) in [6.45, 7) is 6.10. The fraction of sp³-hybridized carbons (Fsp3) is 0.421. The Kier molecular flexibility index (Phi) is 5.61. The minimum Gasteiger partial charge on any atom is -0.423 e. The number of allylic oxidation sites excluding steroid dienone is 4. The van der Waals surface area contributed by atoms with Gasteiger partial charge in [-0.2, -0.15) is 0 Å². The van der Waals surface area contributed by atoms with E-state index in [0.29, 0.717) is 11.2 Å². The van der Waals surface area contributed by atoms with E-state index in [2.05, 4.69) is 26.0 Å². The summed E-state index contributed by atoms with van der Waals surface area (Å²) in [6.07, 6.45) is 8.44. The third-order valence-electron chi connectivity index (χ3n) is 4.79. The first-order valence-corrected chi connectivity index (χ1v) is 8.23. The number of nitrogens with one attached hydrogen (secondary N) is 1. The van der Waals surface area contributed by atoms with Gasteiger partial charge in [0.25, 0.3) is 0 Å². The lowest BCUT2D eigenvalue weighted by Crippen LogP contribution is -2.29. The molecule has 1 aliphatic rings. The van der Waals surface area contributed by atoms with Gasteiger partial charge in [0.1, 0.15) is 0 Å². The van der Waals surface area contributed by atoms with Crippen molar-refractivity contribution in [2.24, 2.45) is 5.41 Å². The average molecular weight is 311 g/mol. The first kappa shape index (κ1) is 17.7. The van der Waals surface area contributed by atoms with Crippen LogP contribution < -0.4 is 5.46 Å². The maximum atomic E-state index is 9.29. The van der Waals surface area contributed by atoms with Gasteiger partial charge < -0.3 is 15.5 Å². The van der Waals surface area contributed by atoms with Crippen LogP contribution in [0.2, 0.25) is 0 Å². The van der Waals surface area contributed by atoms with Crippen molar-refractivity contribution in [3.05, 3.63) is 53.1 Å². The molecule has 1 aliphatic carbocycles. The molecule has 3 nitrogen and oxygen atoms in total. The topological polar surface area (TPSA) is 64.3 Å². The average Bonchev–Trinajstić information content (AvgIpc) is 2.53. The predicted molar refractivity (Wildman–Crippen MR) is 97.2 cm³/mol. The molecule has 0 aliphatic heterocycles. The molecule has 0 bridgehead atoms. The van der Waals surface area contributed by atoms with Crippen LogP contribution in [-0.2, 0) is 6.42 Å². The second-order valence-electron chi connectivity index (χ2n) is 6.79. The van der Waals surface area contributed by atoms with Gasteiger partial charge in [0, 0.05) is 11.1 Å². The van der Waals surface area contributed by atoms with Crippen LogP contribution in [0.1, 0.15) is 45.6 Å². The van der Waals surface area contributed by atoms with Crippen molar-refractivity contribution < 1.29 is 10.0 Å². The van der Waals surface area contributed by atoms with E-state index in [-0.39, 0.29) is 5.41 Å². The van der Waals surface area contributed by atoms with Crippen LogP contribution in [0.25, 0.3) is 0 Å². The number of aryl methyl sites for hydroxylation is 1. The highest BCUT2D eigenvalue weighted by atomic mass is 16.4. The molecule has 2 rings (SSSR count). The molecule has 23 heavy (non-hydrogen) atoms. The lowest BCUT2D eigenvalue weighted by Gasteiger charge is -2.31. The van der Waals surface area contributed by atoms with Gasteiger partial charge in [-0.25, -0.2) is 0 Å². The summed E-state index contributed by atoms with van der Waals surface area (Å²) in [5.41, 5.74) is 4.69. The first-order valence-electron chi connectivity index (χ1n) is 8.23. The highest BCUT2D eigenvalue weighted by molar-refractivity contribution is 6.58. The van der Waals surface area contributed by atoms with E-state index in [1.165, 1.54) is 11.1 Å². The van der Waals surface area contributed by atoms with Crippen molar-refractivity contribution >= 4 is 18.3 Å². The Balaban J connectivity index is 2.13. The van der Waals surface area contributed by atoms with Crippen molar-refractivity contribution in [2.75, 3.05) is 0 Å². The zero-order valence-corrected chi connectivity index (χ0v) is 14.3. The summed E-state index contributed by atoms with van der Waals surface area (Å²) in [6, 6.07) is 7.46. The molecular formula is C19H26BNO2. The Morgan fingerprint density at radius 1 is 1.17 bits per heavy atom. The molecule has 1 aromatic carbocycles. The highest BCUT2D eigenvalue weighted by Crippen LogP contribution is 2.37. The summed E-state index contributed by atoms with van der Waals surface area (Å²) in [5, 5.41) is 26.6. The minimum atomic E-state index is -1.42. The molecule has 122 valence electrons. The molecule has 0 spiro atoms. The molecule has 0 unspecified atom stereocenters. The molecule has 0 saturated heterocycles. The van der Waals surface area contributed by atoms with Gasteiger partial charge in [0.15, 0.2) is 0 Å². The maximum Gasteiger partial charge on any atom is 0.488 e. The van der Waals surface area contributed by atoms with Crippen LogP contribution in [0, 0.1) is 10.8 Å². The van der Waals surface area contributed by atoms with Crippen molar-refractivity contribution in [1.29, 1.82) is 5.41 Å². The minimum absolute atomic E-state index is 0.227. The third-order valence-corrected chi connectivity index (χ3v) is 4.79. The van der Waals surface area contributed by atoms with Crippen LogP contribution >= 0.6 is 0 Å². The van der Waals surface area contributed by atoms with Gasteiger partial charge in [-0.15, -0.1) is 0 Å². The van der Waals surface area contributed by atoms with Crippen LogP contribution in [0.15, 0.2) is 47.6 Å². The number of rotatable bonds is 6. The Labute approximate surface area is 139 Å². The van der Waals surface area contributed by atoms with Crippen molar-refractivity contribution in [2.45, 2.75) is 46.5 Å². The molecule has 0 amide bonds. The van der Waals surface area contributed by atoms with E-state index in [1.807, 2.05) is 25.1 Å². The monoisotopic (exact) mass is 311 g/mol. The zero-order valence-electron chi connectivity index (χ0n) is 14.3. The Bertz CT molecular complexity index is 645. The molecule has 4 heteroatoms. The van der Waals surface area contributed by atoms with Crippen LogP contribution in [0.5, 0.6) is 0 Å². The molecule has 0 radical (unpaired) electrons. The predicted octanol–water partition coefficient (Wildman–Crippen LogP) is 3.01. The number of hydrogen-bond donors (Lipinski definition) is 3. The summed E-state index contributed by atoms with van der Waals surface area (Å²) in [4.78, 5) is 0. The second-order valence-corrected chi connectivity index (χ2v) is 6.79. The van der Waals surface area contributed by atoms with E-state index in [4.69, 9.17) is 5.41 Å². The highest BCUT2D eigenvalue weighted by Gasteiger charge is 2.28. The van der Waals surface area contributed by atoms with Gasteiger partial charge in [0.05, 0.1) is 0 Å². The van der Waals surface area contributed by atoms with Crippen LogP contribution in [0.3, 0.4) is 0 Å². The summed E-state index contributed by atoms with van der Waals surface area (Å²) >= 11 is 0. The van der Waals surface area contributed by atoms with Gasteiger partial charge >= 0.3 is 7.12 Å². The molecule has 3 N–H and O–H groups in total. The second kappa shape index (κ2) is 7.28. The standard InChI is InChI=1S/C19H26BNO2/c1-14(21)19(2,3)18-10-5-4-8-16(18)12-11-15-7-6-9-17(13-15)20(22)23/h6-10,13,21-23H,4-5,11-12H2,1-3H3. The van der Waals surface area contributed by atoms with Gasteiger partial charge in [-0.1, -0.05) is 50.3 Å². The molecule has 0 aromatic heterocycles. The van der Waals surface area contributed by atoms with E-state index >= 15 is 0 Å². The fourth-order valence-corrected chi connectivity index (χ4v) is 3.01. The number of hydrogen-bond acceptors (Lipinski definition) is 3. The van der Waals surface area contributed by atoms with E-state index in [1.54, 1.807) is 6.07 Å². The summed E-state index contributed by atoms with van der Waals surface area (Å²) in [7, 11) is -1.42. The van der Waals surface area contributed by atoms with E-state index < -0.39 is 7.12 Å². The smallest absolute Gasteiger partial charge is 0.423 e. The van der Waals surface area contributed by atoms with Crippen LogP contribution in [-0.4, -0.2) is 22.9 Å². The molecule has 0 saturated carbocycles. The van der Waals surface area contributed by atoms with E-state index in [9.17, 15) is 10.0 Å². The van der Waals surface area contributed by atoms with Crippen molar-refractivity contribution in [3.8, 4) is 0 Å². The zero-order chi connectivity index (χ0) is 17.0. The molecule has 0 heterocycles. The van der Waals surface area contributed by atoms with Gasteiger partial charge in [0.2, 0.25) is 0 Å². The lowest BCUT2D eigenvalue weighted by molar-refractivity contribution is 0.425. The Morgan fingerprint density at radius 3 is 2.52 bits per heavy atom. The molecular weight excluding hydrogens is 285 g/mol. The summed E-state index contributed by atoms with van der Waals surface area (Å²) < 4.78 is 0. The quantitative estimate of drug-likeness (QED) is 0.558. The molecule has 0 atom stereocenters. The molecule has 1 aromatic rings. The Morgan fingerprint density at radius 2 is 1.87 bits per heavy atom. The van der Waals surface area contributed by atoms with Gasteiger partial charge in [-0.3, -0.25) is 0 Å². The largest absolute Gasteiger partial charge is 0.488 e. The SMILES string of the molecule is CC(=N)C(C)(C)C1=CCCC=C1CCc1cccc(B(O)O)c1.